The SMILES string of the molecule is CSc1ccc(C=C(Cc2sccc2F)C(=O)O)cc1. The fraction of sp³-hybridized carbons (Fsp3) is 0.133. The van der Waals surface area contributed by atoms with E-state index in [1.165, 1.54) is 17.4 Å². The van der Waals surface area contributed by atoms with Crippen molar-refractivity contribution in [2.45, 2.75) is 11.3 Å². The number of aliphatic carboxylic acids is 1. The summed E-state index contributed by atoms with van der Waals surface area (Å²) in [6, 6.07) is 8.94. The van der Waals surface area contributed by atoms with E-state index < -0.39 is 5.97 Å². The van der Waals surface area contributed by atoms with E-state index in [2.05, 4.69) is 0 Å². The van der Waals surface area contributed by atoms with Crippen LogP contribution < -0.4 is 0 Å². The fourth-order valence-electron chi connectivity index (χ4n) is 1.71. The molecule has 0 spiro atoms. The molecule has 1 aromatic carbocycles. The van der Waals surface area contributed by atoms with Gasteiger partial charge in [0.05, 0.1) is 0 Å². The molecule has 0 aliphatic heterocycles. The number of carbonyl (C=O) groups is 1. The van der Waals surface area contributed by atoms with Crippen LogP contribution in [-0.2, 0) is 11.2 Å². The van der Waals surface area contributed by atoms with Crippen molar-refractivity contribution in [1.82, 2.24) is 0 Å². The second kappa shape index (κ2) is 6.72. The minimum absolute atomic E-state index is 0.100. The monoisotopic (exact) mass is 308 g/mol. The van der Waals surface area contributed by atoms with Gasteiger partial charge in [-0.25, -0.2) is 9.18 Å². The Bertz CT molecular complexity index is 630. The number of hydrogen-bond acceptors (Lipinski definition) is 3. The second-order valence-corrected chi connectivity index (χ2v) is 6.00. The molecule has 0 saturated carbocycles. The van der Waals surface area contributed by atoms with Gasteiger partial charge in [-0.1, -0.05) is 12.1 Å². The molecule has 0 bridgehead atoms. The molecule has 20 heavy (non-hydrogen) atoms. The minimum atomic E-state index is -1.02. The third kappa shape index (κ3) is 3.71. The molecule has 2 nitrogen and oxygen atoms in total. The molecule has 2 aromatic rings. The van der Waals surface area contributed by atoms with Gasteiger partial charge in [0.25, 0.3) is 0 Å². The molecule has 0 unspecified atom stereocenters. The van der Waals surface area contributed by atoms with E-state index in [0.717, 1.165) is 10.5 Å². The first-order chi connectivity index (χ1) is 9.60. The highest BCUT2D eigenvalue weighted by Crippen LogP contribution is 2.21. The summed E-state index contributed by atoms with van der Waals surface area (Å²) in [6.07, 6.45) is 3.67. The number of rotatable bonds is 5. The van der Waals surface area contributed by atoms with Gasteiger partial charge in [-0.3, -0.25) is 0 Å². The molecule has 0 aliphatic rings. The normalized spacial score (nSPS) is 11.6. The zero-order chi connectivity index (χ0) is 14.5. The summed E-state index contributed by atoms with van der Waals surface area (Å²) in [6.45, 7) is 0. The molecule has 5 heteroatoms. The highest BCUT2D eigenvalue weighted by molar-refractivity contribution is 7.98. The maximum Gasteiger partial charge on any atom is 0.331 e. The average molecular weight is 308 g/mol. The molecule has 0 saturated heterocycles. The average Bonchev–Trinajstić information content (AvgIpc) is 2.84. The largest absolute Gasteiger partial charge is 0.478 e. The van der Waals surface area contributed by atoms with Gasteiger partial charge in [-0.2, -0.15) is 0 Å². The van der Waals surface area contributed by atoms with Crippen LogP contribution >= 0.6 is 23.1 Å². The van der Waals surface area contributed by atoms with Gasteiger partial charge >= 0.3 is 5.97 Å². The van der Waals surface area contributed by atoms with Crippen molar-refractivity contribution in [2.75, 3.05) is 6.26 Å². The maximum absolute atomic E-state index is 13.4. The number of carboxylic acid groups (broad SMARTS) is 1. The predicted molar refractivity (Wildman–Crippen MR) is 81.8 cm³/mol. The van der Waals surface area contributed by atoms with E-state index in [-0.39, 0.29) is 17.8 Å². The van der Waals surface area contributed by atoms with Gasteiger partial charge in [0.1, 0.15) is 5.82 Å². The second-order valence-electron chi connectivity index (χ2n) is 4.12. The standard InChI is InChI=1S/C15H13FO2S2/c1-19-12-4-2-10(3-5-12)8-11(15(17)18)9-14-13(16)6-7-20-14/h2-8H,9H2,1H3,(H,17,18). The van der Waals surface area contributed by atoms with Crippen molar-refractivity contribution in [1.29, 1.82) is 0 Å². The number of thioether (sulfide) groups is 1. The highest BCUT2D eigenvalue weighted by Gasteiger charge is 2.12. The Morgan fingerprint density at radius 3 is 2.55 bits per heavy atom. The number of hydrogen-bond donors (Lipinski definition) is 1. The van der Waals surface area contributed by atoms with Crippen LogP contribution in [0.2, 0.25) is 0 Å². The smallest absolute Gasteiger partial charge is 0.331 e. The van der Waals surface area contributed by atoms with E-state index in [1.807, 2.05) is 30.5 Å². The number of thiophene rings is 1. The Kier molecular flexibility index (Phi) is 4.98. The van der Waals surface area contributed by atoms with E-state index >= 15 is 0 Å². The molecule has 0 amide bonds. The first-order valence-electron chi connectivity index (χ1n) is 5.90. The van der Waals surface area contributed by atoms with Crippen molar-refractivity contribution >= 4 is 35.1 Å². The molecular weight excluding hydrogens is 295 g/mol. The fourth-order valence-corrected chi connectivity index (χ4v) is 2.89. The van der Waals surface area contributed by atoms with Crippen molar-refractivity contribution in [3.63, 3.8) is 0 Å². The van der Waals surface area contributed by atoms with Crippen molar-refractivity contribution in [2.24, 2.45) is 0 Å². The Labute approximate surface area is 125 Å². The van der Waals surface area contributed by atoms with Crippen LogP contribution in [0, 0.1) is 5.82 Å². The summed E-state index contributed by atoms with van der Waals surface area (Å²) < 4.78 is 13.4. The lowest BCUT2D eigenvalue weighted by atomic mass is 10.1. The molecule has 0 atom stereocenters. The molecule has 104 valence electrons. The Morgan fingerprint density at radius 2 is 2.05 bits per heavy atom. The van der Waals surface area contributed by atoms with Gasteiger partial charge in [-0.05, 0) is 41.5 Å². The Morgan fingerprint density at radius 1 is 1.35 bits per heavy atom. The van der Waals surface area contributed by atoms with Crippen LogP contribution in [0.3, 0.4) is 0 Å². The summed E-state index contributed by atoms with van der Waals surface area (Å²) in [4.78, 5) is 12.8. The summed E-state index contributed by atoms with van der Waals surface area (Å²) in [7, 11) is 0. The van der Waals surface area contributed by atoms with Crippen molar-refractivity contribution in [3.8, 4) is 0 Å². The van der Waals surface area contributed by atoms with Gasteiger partial charge in [0.15, 0.2) is 0 Å². The zero-order valence-electron chi connectivity index (χ0n) is 10.8. The Hall–Kier alpha value is -1.59. The first kappa shape index (κ1) is 14.8. The van der Waals surface area contributed by atoms with Crippen LogP contribution in [0.15, 0.2) is 46.2 Å². The highest BCUT2D eigenvalue weighted by atomic mass is 32.2. The third-order valence-electron chi connectivity index (χ3n) is 2.77. The zero-order valence-corrected chi connectivity index (χ0v) is 12.4. The first-order valence-corrected chi connectivity index (χ1v) is 8.00. The topological polar surface area (TPSA) is 37.3 Å². The summed E-state index contributed by atoms with van der Waals surface area (Å²) in [5.74, 6) is -1.37. The molecule has 1 aromatic heterocycles. The van der Waals surface area contributed by atoms with Gasteiger partial charge in [-0.15, -0.1) is 23.1 Å². The lowest BCUT2D eigenvalue weighted by Gasteiger charge is -2.02. The molecule has 1 heterocycles. The molecule has 0 fully saturated rings. The number of benzene rings is 1. The Balaban J connectivity index is 2.25. The number of carboxylic acids is 1. The summed E-state index contributed by atoms with van der Waals surface area (Å²) in [5, 5.41) is 10.9. The molecular formula is C15H13FO2S2. The third-order valence-corrected chi connectivity index (χ3v) is 4.41. The lowest BCUT2D eigenvalue weighted by molar-refractivity contribution is -0.132. The minimum Gasteiger partial charge on any atom is -0.478 e. The van der Waals surface area contributed by atoms with Crippen LogP contribution in [-0.4, -0.2) is 17.3 Å². The van der Waals surface area contributed by atoms with Gasteiger partial charge < -0.3 is 5.11 Å². The van der Waals surface area contributed by atoms with Gasteiger partial charge in [0, 0.05) is 21.8 Å². The lowest BCUT2D eigenvalue weighted by Crippen LogP contribution is -2.03. The van der Waals surface area contributed by atoms with Crippen LogP contribution in [0.25, 0.3) is 6.08 Å². The van der Waals surface area contributed by atoms with Crippen molar-refractivity contribution in [3.05, 3.63) is 57.5 Å². The van der Waals surface area contributed by atoms with Crippen LogP contribution in [0.5, 0.6) is 0 Å². The van der Waals surface area contributed by atoms with E-state index in [4.69, 9.17) is 0 Å². The molecule has 0 aliphatic carbocycles. The van der Waals surface area contributed by atoms with Gasteiger partial charge in [0.2, 0.25) is 0 Å². The maximum atomic E-state index is 13.4. The molecule has 1 N–H and O–H groups in total. The number of halogens is 1. The van der Waals surface area contributed by atoms with E-state index in [1.54, 1.807) is 23.2 Å². The quantitative estimate of drug-likeness (QED) is 0.660. The predicted octanol–water partition coefficient (Wildman–Crippen LogP) is 4.32. The molecule has 2 rings (SSSR count). The summed E-state index contributed by atoms with van der Waals surface area (Å²) >= 11 is 2.85. The summed E-state index contributed by atoms with van der Waals surface area (Å²) in [5.41, 5.74) is 0.986. The van der Waals surface area contributed by atoms with Crippen LogP contribution in [0.4, 0.5) is 4.39 Å². The van der Waals surface area contributed by atoms with Crippen LogP contribution in [0.1, 0.15) is 10.4 Å². The van der Waals surface area contributed by atoms with Crippen molar-refractivity contribution < 1.29 is 14.3 Å². The van der Waals surface area contributed by atoms with E-state index in [0.29, 0.717) is 4.88 Å². The molecule has 0 radical (unpaired) electrons. The van der Waals surface area contributed by atoms with E-state index in [9.17, 15) is 14.3 Å².